The van der Waals surface area contributed by atoms with E-state index in [4.69, 9.17) is 9.88 Å². The van der Waals surface area contributed by atoms with Gasteiger partial charge in [0.15, 0.2) is 5.57 Å². The highest BCUT2D eigenvalue weighted by Gasteiger charge is 2.33. The number of anilines is 1. The van der Waals surface area contributed by atoms with Gasteiger partial charge < -0.3 is 15.4 Å². The van der Waals surface area contributed by atoms with E-state index in [-0.39, 0.29) is 27.1 Å². The zero-order chi connectivity index (χ0) is 22.6. The van der Waals surface area contributed by atoms with Gasteiger partial charge >= 0.3 is 5.97 Å². The Morgan fingerprint density at radius 1 is 1.06 bits per heavy atom. The van der Waals surface area contributed by atoms with Crippen molar-refractivity contribution in [3.8, 4) is 11.1 Å². The van der Waals surface area contributed by atoms with Crippen LogP contribution in [0.3, 0.4) is 0 Å². The molecule has 10 heteroatoms. The lowest BCUT2D eigenvalue weighted by molar-refractivity contribution is -0.139. The van der Waals surface area contributed by atoms with E-state index in [9.17, 15) is 18.0 Å². The van der Waals surface area contributed by atoms with Crippen LogP contribution in [0.1, 0.15) is 13.8 Å². The third-order valence-corrected chi connectivity index (χ3v) is 7.02. The molecule has 0 fully saturated rings. The number of hydrogen-bond donors (Lipinski definition) is 3. The lowest BCUT2D eigenvalue weighted by Crippen LogP contribution is -2.26. The molecule has 4 N–H and O–H groups in total. The average molecular weight is 460 g/mol. The van der Waals surface area contributed by atoms with Crippen LogP contribution in [0.25, 0.3) is 11.1 Å². The number of allylic oxidation sites excluding steroid dienone is 1. The molecule has 1 aliphatic heterocycles. The Balaban J connectivity index is 1.86. The van der Waals surface area contributed by atoms with Crippen LogP contribution >= 0.6 is 11.8 Å². The maximum atomic E-state index is 12.9. The number of rotatable bonds is 6. The van der Waals surface area contributed by atoms with Gasteiger partial charge in [0.05, 0.1) is 11.6 Å². The van der Waals surface area contributed by atoms with Crippen molar-refractivity contribution in [1.82, 2.24) is 5.32 Å². The summed E-state index contributed by atoms with van der Waals surface area (Å²) in [5, 5.41) is 10.6. The maximum absolute atomic E-state index is 12.9. The van der Waals surface area contributed by atoms with Crippen molar-refractivity contribution in [2.45, 2.75) is 13.8 Å². The van der Waals surface area contributed by atoms with E-state index in [1.807, 2.05) is 42.5 Å². The predicted octanol–water partition coefficient (Wildman–Crippen LogP) is 2.88. The molecule has 2 aromatic carbocycles. The topological polar surface area (TPSA) is 128 Å². The van der Waals surface area contributed by atoms with Gasteiger partial charge in [-0.3, -0.25) is 4.79 Å². The van der Waals surface area contributed by atoms with Gasteiger partial charge in [0, 0.05) is 11.4 Å². The minimum atomic E-state index is -4.01. The zero-order valence-electron chi connectivity index (χ0n) is 16.8. The quantitative estimate of drug-likeness (QED) is 0.262. The second-order valence-corrected chi connectivity index (χ2v) is 9.28. The van der Waals surface area contributed by atoms with E-state index in [1.54, 1.807) is 19.1 Å². The fraction of sp³-hybridized carbons (Fsp3) is 0.143. The number of thioether (sulfide) groups is 1. The first-order valence-electron chi connectivity index (χ1n) is 9.27. The molecule has 0 spiro atoms. The molecule has 0 saturated carbocycles. The van der Waals surface area contributed by atoms with Crippen molar-refractivity contribution in [2.75, 3.05) is 11.9 Å². The van der Waals surface area contributed by atoms with E-state index >= 15 is 0 Å². The number of esters is 1. The van der Waals surface area contributed by atoms with Crippen LogP contribution in [0, 0.1) is 0 Å². The largest absolute Gasteiger partial charge is 0.462 e. The van der Waals surface area contributed by atoms with Crippen LogP contribution in [0.15, 0.2) is 75.1 Å². The van der Waals surface area contributed by atoms with E-state index in [0.717, 1.165) is 11.1 Å². The molecule has 1 amide bonds. The van der Waals surface area contributed by atoms with Crippen molar-refractivity contribution in [1.29, 1.82) is 0 Å². The molecule has 8 nitrogen and oxygen atoms in total. The summed E-state index contributed by atoms with van der Waals surface area (Å²) in [7, 11) is -4.01. The fourth-order valence-electron chi connectivity index (χ4n) is 2.86. The van der Waals surface area contributed by atoms with Gasteiger partial charge in [-0.1, -0.05) is 54.2 Å². The number of primary sulfonamides is 1. The predicted molar refractivity (Wildman–Crippen MR) is 121 cm³/mol. The van der Waals surface area contributed by atoms with E-state index in [2.05, 4.69) is 10.6 Å². The van der Waals surface area contributed by atoms with E-state index in [1.165, 1.54) is 6.92 Å². The minimum Gasteiger partial charge on any atom is -0.462 e. The summed E-state index contributed by atoms with van der Waals surface area (Å²) in [6, 6.07) is 16.8. The van der Waals surface area contributed by atoms with Crippen LogP contribution < -0.4 is 15.8 Å². The monoisotopic (exact) mass is 459 g/mol. The Hall–Kier alpha value is -3.08. The van der Waals surface area contributed by atoms with Gasteiger partial charge in [-0.05, 0) is 37.1 Å². The summed E-state index contributed by atoms with van der Waals surface area (Å²) < 4.78 is 28.3. The van der Waals surface area contributed by atoms with Crippen molar-refractivity contribution in [3.63, 3.8) is 0 Å². The molecule has 0 aliphatic carbocycles. The average Bonchev–Trinajstić information content (AvgIpc) is 3.11. The molecule has 0 bridgehead atoms. The zero-order valence-corrected chi connectivity index (χ0v) is 18.5. The summed E-state index contributed by atoms with van der Waals surface area (Å²) >= 11 is 0.700. The third-order valence-electron chi connectivity index (χ3n) is 4.24. The number of ether oxygens (including phenoxy) is 1. The standard InChI is InChI=1S/C21H21N3O5S2/c1-3-29-20(26)17(19-23-13(2)21(30-19)31(22,27)28)18(25)24-16-11-9-15(10-12-16)14-7-5-4-6-8-14/h4-12,23H,3H2,1-2H3,(H,24,25)(H2,22,27,28)/b19-17+. The van der Waals surface area contributed by atoms with Crippen molar-refractivity contribution in [3.05, 3.63) is 75.1 Å². The number of nitrogens with two attached hydrogens (primary N) is 1. The van der Waals surface area contributed by atoms with E-state index < -0.39 is 21.9 Å². The Kier molecular flexibility index (Phi) is 6.84. The van der Waals surface area contributed by atoms with E-state index in [0.29, 0.717) is 17.4 Å². The first-order chi connectivity index (χ1) is 14.7. The smallest absolute Gasteiger partial charge is 0.346 e. The van der Waals surface area contributed by atoms with Gasteiger partial charge in [-0.15, -0.1) is 0 Å². The van der Waals surface area contributed by atoms with Gasteiger partial charge in [0.25, 0.3) is 5.91 Å². The second kappa shape index (κ2) is 9.38. The highest BCUT2D eigenvalue weighted by Crippen LogP contribution is 2.37. The Labute approximate surface area is 184 Å². The molecule has 0 radical (unpaired) electrons. The molecule has 2 aromatic rings. The van der Waals surface area contributed by atoms with Gasteiger partial charge in [0.2, 0.25) is 10.0 Å². The van der Waals surface area contributed by atoms with Crippen LogP contribution in [-0.2, 0) is 24.3 Å². The lowest BCUT2D eigenvalue weighted by Gasteiger charge is -2.12. The molecule has 31 heavy (non-hydrogen) atoms. The summed E-state index contributed by atoms with van der Waals surface area (Å²) in [5.74, 6) is -1.61. The normalized spacial score (nSPS) is 15.3. The molecular weight excluding hydrogens is 438 g/mol. The van der Waals surface area contributed by atoms with Gasteiger partial charge in [-0.25, -0.2) is 18.4 Å². The highest BCUT2D eigenvalue weighted by atomic mass is 32.3. The number of sulfonamides is 1. The fourth-order valence-corrected chi connectivity index (χ4v) is 4.93. The molecule has 1 aliphatic rings. The molecule has 0 atom stereocenters. The molecule has 3 rings (SSSR count). The van der Waals surface area contributed by atoms with Crippen LogP contribution in [0.2, 0.25) is 0 Å². The Morgan fingerprint density at radius 3 is 2.23 bits per heavy atom. The first-order valence-corrected chi connectivity index (χ1v) is 11.6. The van der Waals surface area contributed by atoms with Crippen LogP contribution in [0.5, 0.6) is 0 Å². The number of hydrogen-bond acceptors (Lipinski definition) is 7. The van der Waals surface area contributed by atoms with Crippen LogP contribution in [-0.4, -0.2) is 26.9 Å². The van der Waals surface area contributed by atoms with Crippen LogP contribution in [0.4, 0.5) is 5.69 Å². The number of benzene rings is 2. The lowest BCUT2D eigenvalue weighted by atomic mass is 10.1. The summed E-state index contributed by atoms with van der Waals surface area (Å²) in [6.07, 6.45) is 0. The number of carbonyl (C=O) groups is 2. The molecule has 0 aromatic heterocycles. The van der Waals surface area contributed by atoms with Gasteiger partial charge in [0.1, 0.15) is 4.24 Å². The second-order valence-electron chi connectivity index (χ2n) is 6.51. The van der Waals surface area contributed by atoms with Crippen molar-refractivity contribution in [2.24, 2.45) is 5.14 Å². The van der Waals surface area contributed by atoms with Gasteiger partial charge in [-0.2, -0.15) is 0 Å². The third kappa shape index (κ3) is 5.35. The van der Waals surface area contributed by atoms with Crippen molar-refractivity contribution >= 4 is 39.3 Å². The number of amides is 1. The number of carbonyl (C=O) groups excluding carboxylic acids is 2. The Morgan fingerprint density at radius 2 is 1.68 bits per heavy atom. The maximum Gasteiger partial charge on any atom is 0.346 e. The molecule has 1 heterocycles. The Bertz CT molecular complexity index is 1170. The minimum absolute atomic E-state index is 0.0402. The molecular formula is C21H21N3O5S2. The molecule has 162 valence electrons. The highest BCUT2D eigenvalue weighted by molar-refractivity contribution is 8.20. The molecule has 0 unspecified atom stereocenters. The molecule has 0 saturated heterocycles. The summed E-state index contributed by atoms with van der Waals surface area (Å²) in [6.45, 7) is 3.14. The number of nitrogens with one attached hydrogen (secondary N) is 2. The summed E-state index contributed by atoms with van der Waals surface area (Å²) in [4.78, 5) is 25.4. The first kappa shape index (κ1) is 22.6. The summed E-state index contributed by atoms with van der Waals surface area (Å²) in [5.41, 5.74) is 2.35. The SMILES string of the molecule is CCOC(=O)/C(C(=O)Nc1ccc(-c2ccccc2)cc1)=C1\NC(C)=C(S(N)(=O)=O)S1. The van der Waals surface area contributed by atoms with Crippen molar-refractivity contribution < 1.29 is 22.7 Å².